The predicted molar refractivity (Wildman–Crippen MR) is 84.8 cm³/mol. The van der Waals surface area contributed by atoms with Crippen LogP contribution in [-0.2, 0) is 9.59 Å². The van der Waals surface area contributed by atoms with Crippen LogP contribution in [0.25, 0.3) is 0 Å². The fourth-order valence-corrected chi connectivity index (χ4v) is 2.37. The molecule has 1 rings (SSSR count). The lowest BCUT2D eigenvalue weighted by Gasteiger charge is -2.22. The van der Waals surface area contributed by atoms with Crippen molar-refractivity contribution < 1.29 is 9.59 Å². The molecule has 1 aromatic rings. The van der Waals surface area contributed by atoms with Gasteiger partial charge in [-0.2, -0.15) is 0 Å². The topological polar surface area (TPSA) is 49.4 Å². The van der Waals surface area contributed by atoms with Crippen molar-refractivity contribution in [3.8, 4) is 0 Å². The van der Waals surface area contributed by atoms with E-state index in [1.165, 1.54) is 11.8 Å². The lowest BCUT2D eigenvalue weighted by Crippen LogP contribution is -2.40. The fraction of sp³-hybridized carbons (Fsp3) is 0.467. The largest absolute Gasteiger partial charge is 0.355 e. The molecule has 2 amide bonds. The molecule has 0 fully saturated rings. The lowest BCUT2D eigenvalue weighted by atomic mass is 10.2. The minimum atomic E-state index is -0.138. The summed E-state index contributed by atoms with van der Waals surface area (Å²) in [5.41, 5.74) is 1.72. The highest BCUT2D eigenvalue weighted by molar-refractivity contribution is 9.10. The van der Waals surface area contributed by atoms with Gasteiger partial charge in [0.1, 0.15) is 6.54 Å². The Morgan fingerprint density at radius 2 is 2.05 bits per heavy atom. The third-order valence-electron chi connectivity index (χ3n) is 2.98. The van der Waals surface area contributed by atoms with Crippen molar-refractivity contribution in [1.29, 1.82) is 0 Å². The molecule has 4 nitrogen and oxygen atoms in total. The summed E-state index contributed by atoms with van der Waals surface area (Å²) in [5, 5.41) is 2.83. The second kappa shape index (κ2) is 8.04. The fourth-order valence-electron chi connectivity index (χ4n) is 1.89. The standard InChI is InChI=1S/C15H21BrN2O2/c1-4-5-8-17-15(20)10-18(12(3)19)14-7-6-13(16)9-11(14)2/h6-7,9H,4-5,8,10H2,1-3H3,(H,17,20). The second-order valence-electron chi connectivity index (χ2n) is 4.74. The molecule has 110 valence electrons. The van der Waals surface area contributed by atoms with Gasteiger partial charge in [0.2, 0.25) is 11.8 Å². The maximum atomic E-state index is 11.9. The molecule has 0 saturated carbocycles. The highest BCUT2D eigenvalue weighted by Crippen LogP contribution is 2.23. The quantitative estimate of drug-likeness (QED) is 0.809. The van der Waals surface area contributed by atoms with Crippen LogP contribution in [-0.4, -0.2) is 24.9 Å². The number of aryl methyl sites for hydroxylation is 1. The van der Waals surface area contributed by atoms with E-state index in [9.17, 15) is 9.59 Å². The molecule has 0 unspecified atom stereocenters. The van der Waals surface area contributed by atoms with E-state index in [2.05, 4.69) is 28.2 Å². The van der Waals surface area contributed by atoms with Crippen molar-refractivity contribution in [1.82, 2.24) is 5.32 Å². The molecule has 0 aliphatic carbocycles. The van der Waals surface area contributed by atoms with Crippen LogP contribution in [0, 0.1) is 6.92 Å². The lowest BCUT2D eigenvalue weighted by molar-refractivity contribution is -0.123. The van der Waals surface area contributed by atoms with Crippen LogP contribution >= 0.6 is 15.9 Å². The normalized spacial score (nSPS) is 10.2. The number of carbonyl (C=O) groups excluding carboxylic acids is 2. The third-order valence-corrected chi connectivity index (χ3v) is 3.48. The second-order valence-corrected chi connectivity index (χ2v) is 5.66. The maximum Gasteiger partial charge on any atom is 0.240 e. The first kappa shape index (κ1) is 16.7. The molecule has 0 saturated heterocycles. The number of unbranched alkanes of at least 4 members (excludes halogenated alkanes) is 1. The maximum absolute atomic E-state index is 11.9. The van der Waals surface area contributed by atoms with Crippen LogP contribution in [0.4, 0.5) is 5.69 Å². The van der Waals surface area contributed by atoms with Gasteiger partial charge in [-0.1, -0.05) is 29.3 Å². The molecular formula is C15H21BrN2O2. The van der Waals surface area contributed by atoms with Gasteiger partial charge in [-0.05, 0) is 37.1 Å². The van der Waals surface area contributed by atoms with Gasteiger partial charge in [0.05, 0.1) is 0 Å². The first-order chi connectivity index (χ1) is 9.45. The van der Waals surface area contributed by atoms with Crippen LogP contribution in [0.3, 0.4) is 0 Å². The molecule has 1 aromatic carbocycles. The van der Waals surface area contributed by atoms with Crippen LogP contribution < -0.4 is 10.2 Å². The zero-order valence-corrected chi connectivity index (χ0v) is 13.8. The van der Waals surface area contributed by atoms with Crippen molar-refractivity contribution in [3.05, 3.63) is 28.2 Å². The molecule has 5 heteroatoms. The Kier molecular flexibility index (Phi) is 6.71. The third kappa shape index (κ3) is 4.96. The van der Waals surface area contributed by atoms with Gasteiger partial charge in [0.25, 0.3) is 0 Å². The van der Waals surface area contributed by atoms with Crippen molar-refractivity contribution >= 4 is 33.4 Å². The molecule has 0 bridgehead atoms. The minimum Gasteiger partial charge on any atom is -0.355 e. The molecule has 0 aliphatic heterocycles. The molecule has 0 aromatic heterocycles. The Morgan fingerprint density at radius 1 is 1.35 bits per heavy atom. The van der Waals surface area contributed by atoms with Crippen LogP contribution in [0.5, 0.6) is 0 Å². The summed E-state index contributed by atoms with van der Waals surface area (Å²) in [6.07, 6.45) is 1.98. The Hall–Kier alpha value is -1.36. The van der Waals surface area contributed by atoms with E-state index in [-0.39, 0.29) is 18.4 Å². The summed E-state index contributed by atoms with van der Waals surface area (Å²) >= 11 is 3.39. The van der Waals surface area contributed by atoms with Gasteiger partial charge in [-0.25, -0.2) is 0 Å². The summed E-state index contributed by atoms with van der Waals surface area (Å²) in [4.78, 5) is 25.2. The molecule has 1 N–H and O–H groups in total. The number of hydrogen-bond donors (Lipinski definition) is 1. The molecular weight excluding hydrogens is 320 g/mol. The minimum absolute atomic E-state index is 0.0571. The van der Waals surface area contributed by atoms with Gasteiger partial charge in [0.15, 0.2) is 0 Å². The summed E-state index contributed by atoms with van der Waals surface area (Å²) in [6.45, 7) is 6.17. The number of nitrogens with one attached hydrogen (secondary N) is 1. The predicted octanol–water partition coefficient (Wildman–Crippen LogP) is 3.03. The van der Waals surface area contributed by atoms with Gasteiger partial charge in [0, 0.05) is 23.6 Å². The number of benzene rings is 1. The van der Waals surface area contributed by atoms with Crippen molar-refractivity contribution in [2.45, 2.75) is 33.6 Å². The molecule has 0 spiro atoms. The van der Waals surface area contributed by atoms with E-state index in [1.807, 2.05) is 25.1 Å². The monoisotopic (exact) mass is 340 g/mol. The number of amides is 2. The van der Waals surface area contributed by atoms with Gasteiger partial charge >= 0.3 is 0 Å². The van der Waals surface area contributed by atoms with E-state index < -0.39 is 0 Å². The summed E-state index contributed by atoms with van der Waals surface area (Å²) < 4.78 is 0.953. The number of hydrogen-bond acceptors (Lipinski definition) is 2. The van der Waals surface area contributed by atoms with E-state index in [0.717, 1.165) is 28.6 Å². The van der Waals surface area contributed by atoms with E-state index in [4.69, 9.17) is 0 Å². The Balaban J connectivity index is 2.79. The number of anilines is 1. The molecule has 0 atom stereocenters. The van der Waals surface area contributed by atoms with E-state index >= 15 is 0 Å². The highest BCUT2D eigenvalue weighted by atomic mass is 79.9. The van der Waals surface area contributed by atoms with Crippen LogP contribution in [0.2, 0.25) is 0 Å². The number of nitrogens with zero attached hydrogens (tertiary/aromatic N) is 1. The van der Waals surface area contributed by atoms with Crippen molar-refractivity contribution in [2.24, 2.45) is 0 Å². The first-order valence-electron chi connectivity index (χ1n) is 6.76. The molecule has 0 radical (unpaired) electrons. The average Bonchev–Trinajstić information content (AvgIpc) is 2.37. The zero-order valence-electron chi connectivity index (χ0n) is 12.2. The van der Waals surface area contributed by atoms with Crippen molar-refractivity contribution in [3.63, 3.8) is 0 Å². The van der Waals surface area contributed by atoms with Crippen LogP contribution in [0.15, 0.2) is 22.7 Å². The first-order valence-corrected chi connectivity index (χ1v) is 7.56. The number of halogens is 1. The van der Waals surface area contributed by atoms with Crippen molar-refractivity contribution in [2.75, 3.05) is 18.0 Å². The highest BCUT2D eigenvalue weighted by Gasteiger charge is 2.17. The summed E-state index contributed by atoms with van der Waals surface area (Å²) in [7, 11) is 0. The van der Waals surface area contributed by atoms with Gasteiger partial charge < -0.3 is 10.2 Å². The SMILES string of the molecule is CCCCNC(=O)CN(C(C)=O)c1ccc(Br)cc1C. The summed E-state index contributed by atoms with van der Waals surface area (Å²) in [5.74, 6) is -0.267. The average molecular weight is 341 g/mol. The molecule has 0 aliphatic rings. The van der Waals surface area contributed by atoms with Gasteiger partial charge in [-0.3, -0.25) is 9.59 Å². The van der Waals surface area contributed by atoms with Gasteiger partial charge in [-0.15, -0.1) is 0 Å². The Morgan fingerprint density at radius 3 is 2.60 bits per heavy atom. The number of carbonyl (C=O) groups is 2. The summed E-state index contributed by atoms with van der Waals surface area (Å²) in [6, 6.07) is 5.65. The smallest absolute Gasteiger partial charge is 0.240 e. The Labute approximate surface area is 128 Å². The Bertz CT molecular complexity index is 489. The number of rotatable bonds is 6. The zero-order chi connectivity index (χ0) is 15.1. The molecule has 20 heavy (non-hydrogen) atoms. The van der Waals surface area contributed by atoms with E-state index in [0.29, 0.717) is 6.54 Å². The molecule has 0 heterocycles. The van der Waals surface area contributed by atoms with E-state index in [1.54, 1.807) is 0 Å². The van der Waals surface area contributed by atoms with Crippen LogP contribution in [0.1, 0.15) is 32.3 Å².